The molecule has 1 heterocycles. The Labute approximate surface area is 139 Å². The van der Waals surface area contributed by atoms with Crippen LogP contribution in [0.2, 0.25) is 0 Å². The minimum absolute atomic E-state index is 0.111. The van der Waals surface area contributed by atoms with Crippen LogP contribution in [0, 0.1) is 5.82 Å². The van der Waals surface area contributed by atoms with Crippen LogP contribution in [0.3, 0.4) is 0 Å². The Hall–Kier alpha value is -2.54. The Kier molecular flexibility index (Phi) is 4.47. The molecule has 1 amide bonds. The lowest BCUT2D eigenvalue weighted by molar-refractivity contribution is 0.0947. The molecular weight excluding hydrogens is 365 g/mol. The van der Waals surface area contributed by atoms with Crippen molar-refractivity contribution in [2.75, 3.05) is 0 Å². The lowest BCUT2D eigenvalue weighted by Crippen LogP contribution is -2.22. The molecule has 0 unspecified atom stereocenters. The molecule has 1 aromatic heterocycles. The number of carbonyl (C=O) groups excluding carboxylic acids is 1. The van der Waals surface area contributed by atoms with Gasteiger partial charge in [0.15, 0.2) is 0 Å². The number of nitrogens with zero attached hydrogens (tertiary/aromatic N) is 2. The summed E-state index contributed by atoms with van der Waals surface area (Å²) in [5.74, 6) is -0.0352. The average Bonchev–Trinajstić information content (AvgIpc) is 3.02. The van der Waals surface area contributed by atoms with E-state index in [4.69, 9.17) is 4.42 Å². The normalized spacial score (nSPS) is 10.5. The van der Waals surface area contributed by atoms with E-state index < -0.39 is 0 Å². The SMILES string of the molecule is O=C(NCc1nnc(-c2ccc(F)cc2)o1)c1cccc(Br)c1. The zero-order valence-electron chi connectivity index (χ0n) is 11.8. The zero-order chi connectivity index (χ0) is 16.2. The summed E-state index contributed by atoms with van der Waals surface area (Å²) in [6.07, 6.45) is 0. The number of benzene rings is 2. The number of rotatable bonds is 4. The fraction of sp³-hybridized carbons (Fsp3) is 0.0625. The molecule has 1 N–H and O–H groups in total. The Balaban J connectivity index is 1.65. The molecule has 5 nitrogen and oxygen atoms in total. The summed E-state index contributed by atoms with van der Waals surface area (Å²) in [4.78, 5) is 12.0. The van der Waals surface area contributed by atoms with E-state index in [-0.39, 0.29) is 30.1 Å². The summed E-state index contributed by atoms with van der Waals surface area (Å²) in [6.45, 7) is 0.111. The van der Waals surface area contributed by atoms with Crippen molar-refractivity contribution in [3.8, 4) is 11.5 Å². The molecule has 3 aromatic rings. The third-order valence-corrected chi connectivity index (χ3v) is 3.54. The monoisotopic (exact) mass is 375 g/mol. The summed E-state index contributed by atoms with van der Waals surface area (Å²) in [7, 11) is 0. The summed E-state index contributed by atoms with van der Waals surface area (Å²) in [5, 5.41) is 10.4. The van der Waals surface area contributed by atoms with Gasteiger partial charge < -0.3 is 9.73 Å². The fourth-order valence-electron chi connectivity index (χ4n) is 1.92. The van der Waals surface area contributed by atoms with Gasteiger partial charge in [0.2, 0.25) is 11.8 Å². The second kappa shape index (κ2) is 6.70. The van der Waals surface area contributed by atoms with Crippen molar-refractivity contribution in [2.45, 2.75) is 6.54 Å². The van der Waals surface area contributed by atoms with E-state index in [1.54, 1.807) is 30.3 Å². The van der Waals surface area contributed by atoms with Crippen molar-refractivity contribution in [2.24, 2.45) is 0 Å². The van der Waals surface area contributed by atoms with Gasteiger partial charge in [-0.25, -0.2) is 4.39 Å². The molecule has 0 aliphatic rings. The molecule has 0 bridgehead atoms. The molecule has 0 atom stereocenters. The van der Waals surface area contributed by atoms with E-state index in [9.17, 15) is 9.18 Å². The van der Waals surface area contributed by atoms with E-state index in [1.165, 1.54) is 12.1 Å². The summed E-state index contributed by atoms with van der Waals surface area (Å²) < 4.78 is 19.2. The van der Waals surface area contributed by atoms with Gasteiger partial charge >= 0.3 is 0 Å². The molecule has 116 valence electrons. The smallest absolute Gasteiger partial charge is 0.251 e. The van der Waals surface area contributed by atoms with Crippen LogP contribution < -0.4 is 5.32 Å². The van der Waals surface area contributed by atoms with Crippen LogP contribution in [-0.2, 0) is 6.54 Å². The van der Waals surface area contributed by atoms with Crippen LogP contribution in [0.25, 0.3) is 11.5 Å². The maximum Gasteiger partial charge on any atom is 0.251 e. The Morgan fingerprint density at radius 3 is 2.70 bits per heavy atom. The first kappa shape index (κ1) is 15.4. The highest BCUT2D eigenvalue weighted by atomic mass is 79.9. The molecule has 0 aliphatic heterocycles. The van der Waals surface area contributed by atoms with Gasteiger partial charge in [0, 0.05) is 15.6 Å². The molecule has 0 spiro atoms. The van der Waals surface area contributed by atoms with Crippen LogP contribution in [-0.4, -0.2) is 16.1 Å². The van der Waals surface area contributed by atoms with Gasteiger partial charge in [0.05, 0.1) is 6.54 Å². The maximum atomic E-state index is 12.9. The van der Waals surface area contributed by atoms with Gasteiger partial charge in [-0.1, -0.05) is 22.0 Å². The Morgan fingerprint density at radius 1 is 1.17 bits per heavy atom. The number of hydrogen-bond donors (Lipinski definition) is 1. The van der Waals surface area contributed by atoms with Crippen LogP contribution >= 0.6 is 15.9 Å². The lowest BCUT2D eigenvalue weighted by atomic mass is 10.2. The summed E-state index contributed by atoms with van der Waals surface area (Å²) in [6, 6.07) is 12.8. The van der Waals surface area contributed by atoms with E-state index >= 15 is 0 Å². The Bertz CT molecular complexity index is 833. The van der Waals surface area contributed by atoms with Gasteiger partial charge in [0.1, 0.15) is 5.82 Å². The molecule has 0 saturated carbocycles. The predicted molar refractivity (Wildman–Crippen MR) is 85.0 cm³/mol. The minimum atomic E-state index is -0.338. The second-order valence-corrected chi connectivity index (χ2v) is 5.62. The number of amides is 1. The van der Waals surface area contributed by atoms with Crippen molar-refractivity contribution in [1.82, 2.24) is 15.5 Å². The van der Waals surface area contributed by atoms with E-state index in [0.29, 0.717) is 11.1 Å². The molecule has 0 radical (unpaired) electrons. The summed E-state index contributed by atoms with van der Waals surface area (Å²) >= 11 is 3.31. The van der Waals surface area contributed by atoms with Gasteiger partial charge in [0.25, 0.3) is 5.91 Å². The maximum absolute atomic E-state index is 12.9. The highest BCUT2D eigenvalue weighted by Gasteiger charge is 2.11. The number of aromatic nitrogens is 2. The van der Waals surface area contributed by atoms with Crippen molar-refractivity contribution in [3.05, 3.63) is 70.3 Å². The number of nitrogens with one attached hydrogen (secondary N) is 1. The molecule has 23 heavy (non-hydrogen) atoms. The molecule has 0 saturated heterocycles. The highest BCUT2D eigenvalue weighted by Crippen LogP contribution is 2.18. The lowest BCUT2D eigenvalue weighted by Gasteiger charge is -2.02. The van der Waals surface area contributed by atoms with Crippen molar-refractivity contribution in [1.29, 1.82) is 0 Å². The number of halogens is 2. The molecule has 0 aliphatic carbocycles. The van der Waals surface area contributed by atoms with Gasteiger partial charge in [-0.05, 0) is 42.5 Å². The second-order valence-electron chi connectivity index (χ2n) is 4.70. The van der Waals surface area contributed by atoms with Crippen molar-refractivity contribution < 1.29 is 13.6 Å². The van der Waals surface area contributed by atoms with E-state index in [1.807, 2.05) is 6.07 Å². The van der Waals surface area contributed by atoms with Crippen LogP contribution in [0.1, 0.15) is 16.2 Å². The fourth-order valence-corrected chi connectivity index (χ4v) is 2.32. The topological polar surface area (TPSA) is 68.0 Å². The van der Waals surface area contributed by atoms with Crippen molar-refractivity contribution in [3.63, 3.8) is 0 Å². The van der Waals surface area contributed by atoms with Crippen LogP contribution in [0.5, 0.6) is 0 Å². The first-order chi connectivity index (χ1) is 11.1. The third-order valence-electron chi connectivity index (χ3n) is 3.04. The number of hydrogen-bond acceptors (Lipinski definition) is 4. The van der Waals surface area contributed by atoms with Gasteiger partial charge in [-0.3, -0.25) is 4.79 Å². The van der Waals surface area contributed by atoms with Crippen molar-refractivity contribution >= 4 is 21.8 Å². The largest absolute Gasteiger partial charge is 0.419 e. The average molecular weight is 376 g/mol. The van der Waals surface area contributed by atoms with Gasteiger partial charge in [-0.15, -0.1) is 10.2 Å². The summed E-state index contributed by atoms with van der Waals surface area (Å²) in [5.41, 5.74) is 1.14. The molecule has 3 rings (SSSR count). The quantitative estimate of drug-likeness (QED) is 0.756. The van der Waals surface area contributed by atoms with E-state index in [0.717, 1.165) is 4.47 Å². The van der Waals surface area contributed by atoms with E-state index in [2.05, 4.69) is 31.4 Å². The predicted octanol–water partition coefficient (Wildman–Crippen LogP) is 3.57. The first-order valence-corrected chi connectivity index (χ1v) is 7.53. The molecule has 0 fully saturated rings. The highest BCUT2D eigenvalue weighted by molar-refractivity contribution is 9.10. The first-order valence-electron chi connectivity index (χ1n) is 6.74. The Morgan fingerprint density at radius 2 is 1.96 bits per heavy atom. The van der Waals surface area contributed by atoms with Gasteiger partial charge in [-0.2, -0.15) is 0 Å². The number of carbonyl (C=O) groups is 1. The standard InChI is InChI=1S/C16H11BrFN3O2/c17-12-3-1-2-11(8-12)15(22)19-9-14-20-21-16(23-14)10-4-6-13(18)7-5-10/h1-8H,9H2,(H,19,22). The zero-order valence-corrected chi connectivity index (χ0v) is 13.4. The van der Waals surface area contributed by atoms with Crippen LogP contribution in [0.15, 0.2) is 57.4 Å². The third kappa shape index (κ3) is 3.81. The molecular formula is C16H11BrFN3O2. The minimum Gasteiger partial charge on any atom is -0.419 e. The molecule has 7 heteroatoms. The molecule has 2 aromatic carbocycles. The van der Waals surface area contributed by atoms with Crippen LogP contribution in [0.4, 0.5) is 4.39 Å².